The number of anilines is 1. The lowest BCUT2D eigenvalue weighted by molar-refractivity contribution is 0.881. The number of hydrogen-bond donors (Lipinski definition) is 1. The molecule has 0 bridgehead atoms. The lowest BCUT2D eigenvalue weighted by atomic mass is 10.1. The van der Waals surface area contributed by atoms with Crippen molar-refractivity contribution in [2.45, 2.75) is 19.9 Å². The van der Waals surface area contributed by atoms with E-state index in [1.165, 1.54) is 9.13 Å². The molecule has 0 amide bonds. The van der Waals surface area contributed by atoms with Crippen LogP contribution in [0.1, 0.15) is 24.1 Å². The Morgan fingerprint density at radius 2 is 1.94 bits per heavy atom. The number of aryl methyl sites for hydroxylation is 1. The predicted molar refractivity (Wildman–Crippen MR) is 87.9 cm³/mol. The van der Waals surface area contributed by atoms with Crippen molar-refractivity contribution in [3.05, 3.63) is 55.8 Å². The maximum Gasteiger partial charge on any atom is 0.109 e. The van der Waals surface area contributed by atoms with Gasteiger partial charge in [-0.05, 0) is 81.7 Å². The first-order chi connectivity index (χ1) is 8.56. The van der Waals surface area contributed by atoms with Crippen LogP contribution in [0.15, 0.2) is 41.1 Å². The van der Waals surface area contributed by atoms with Crippen LogP contribution in [0.4, 0.5) is 5.69 Å². The molecule has 1 unspecified atom stereocenters. The number of hydrogen-bond acceptors (Lipinski definition) is 2. The summed E-state index contributed by atoms with van der Waals surface area (Å²) in [6.45, 7) is 4.19. The van der Waals surface area contributed by atoms with E-state index in [9.17, 15) is 0 Å². The average Bonchev–Trinajstić information content (AvgIpc) is 2.34. The Hall–Kier alpha value is -0.620. The summed E-state index contributed by atoms with van der Waals surface area (Å²) in [7, 11) is 0. The Bertz CT molecular complexity index is 540. The second-order valence-corrected chi connectivity index (χ2v) is 6.25. The maximum absolute atomic E-state index is 4.29. The van der Waals surface area contributed by atoms with Crippen molar-refractivity contribution in [2.24, 2.45) is 0 Å². The second kappa shape index (κ2) is 6.02. The van der Waals surface area contributed by atoms with Crippen LogP contribution in [0, 0.1) is 10.5 Å². The van der Waals surface area contributed by atoms with Gasteiger partial charge in [0, 0.05) is 9.61 Å². The fourth-order valence-electron chi connectivity index (χ4n) is 1.72. The van der Waals surface area contributed by atoms with Crippen LogP contribution in [0.2, 0.25) is 0 Å². The van der Waals surface area contributed by atoms with Crippen LogP contribution in [0.25, 0.3) is 0 Å². The van der Waals surface area contributed by atoms with Crippen LogP contribution in [0.5, 0.6) is 0 Å². The van der Waals surface area contributed by atoms with Gasteiger partial charge in [0.15, 0.2) is 0 Å². The lowest BCUT2D eigenvalue weighted by Crippen LogP contribution is -2.07. The van der Waals surface area contributed by atoms with Gasteiger partial charge in [0.05, 0.1) is 11.9 Å². The molecule has 2 rings (SSSR count). The third-order valence-corrected chi connectivity index (χ3v) is 4.32. The molecule has 0 aliphatic carbocycles. The van der Waals surface area contributed by atoms with Crippen molar-refractivity contribution in [1.82, 2.24) is 4.98 Å². The molecule has 2 aromatic rings. The van der Waals surface area contributed by atoms with Gasteiger partial charge in [-0.25, -0.2) is 4.98 Å². The second-order valence-electron chi connectivity index (χ2n) is 4.25. The molecule has 18 heavy (non-hydrogen) atoms. The van der Waals surface area contributed by atoms with E-state index >= 15 is 0 Å². The number of rotatable bonds is 3. The first-order valence-corrected chi connectivity index (χ1v) is 7.57. The minimum atomic E-state index is 0.268. The average molecular weight is 417 g/mol. The van der Waals surface area contributed by atoms with Crippen LogP contribution < -0.4 is 5.32 Å². The standard InChI is InChI=1S/C14H14BrIN2/c1-9-7-13(8-17-14(9)15)18-10(2)11-3-5-12(16)6-4-11/h3-8,10,18H,1-2H3. The highest BCUT2D eigenvalue weighted by Crippen LogP contribution is 2.22. The van der Waals surface area contributed by atoms with Gasteiger partial charge < -0.3 is 5.32 Å². The zero-order chi connectivity index (χ0) is 13.1. The highest BCUT2D eigenvalue weighted by Gasteiger charge is 2.06. The van der Waals surface area contributed by atoms with E-state index in [4.69, 9.17) is 0 Å². The molecule has 1 N–H and O–H groups in total. The van der Waals surface area contributed by atoms with Crippen molar-refractivity contribution in [3.63, 3.8) is 0 Å². The first-order valence-electron chi connectivity index (χ1n) is 5.70. The summed E-state index contributed by atoms with van der Waals surface area (Å²) in [5.74, 6) is 0. The molecule has 2 nitrogen and oxygen atoms in total. The van der Waals surface area contributed by atoms with Crippen molar-refractivity contribution in [2.75, 3.05) is 5.32 Å². The molecule has 1 atom stereocenters. The Morgan fingerprint density at radius 3 is 2.56 bits per heavy atom. The molecule has 0 aliphatic rings. The van der Waals surface area contributed by atoms with Crippen molar-refractivity contribution in [1.29, 1.82) is 0 Å². The molecule has 0 fully saturated rings. The predicted octanol–water partition coefficient (Wildman–Crippen LogP) is 4.93. The van der Waals surface area contributed by atoms with E-state index in [0.717, 1.165) is 15.9 Å². The van der Waals surface area contributed by atoms with E-state index in [-0.39, 0.29) is 6.04 Å². The zero-order valence-electron chi connectivity index (χ0n) is 10.2. The number of nitrogens with one attached hydrogen (secondary N) is 1. The third-order valence-electron chi connectivity index (χ3n) is 2.77. The van der Waals surface area contributed by atoms with Gasteiger partial charge in [0.1, 0.15) is 4.60 Å². The summed E-state index contributed by atoms with van der Waals surface area (Å²) in [5, 5.41) is 3.46. The number of halogens is 2. The van der Waals surface area contributed by atoms with E-state index in [1.807, 2.05) is 13.1 Å². The van der Waals surface area contributed by atoms with Gasteiger partial charge in [-0.15, -0.1) is 0 Å². The van der Waals surface area contributed by atoms with Crippen LogP contribution in [0.3, 0.4) is 0 Å². The van der Waals surface area contributed by atoms with Crippen LogP contribution in [-0.4, -0.2) is 4.98 Å². The SMILES string of the molecule is Cc1cc(NC(C)c2ccc(I)cc2)cnc1Br. The molecule has 0 aliphatic heterocycles. The normalized spacial score (nSPS) is 12.2. The van der Waals surface area contributed by atoms with Gasteiger partial charge >= 0.3 is 0 Å². The van der Waals surface area contributed by atoms with E-state index in [2.05, 4.69) is 86.1 Å². The topological polar surface area (TPSA) is 24.9 Å². The summed E-state index contributed by atoms with van der Waals surface area (Å²) in [6.07, 6.45) is 1.85. The molecule has 0 saturated heterocycles. The summed E-state index contributed by atoms with van der Waals surface area (Å²) in [5.41, 5.74) is 3.45. The van der Waals surface area contributed by atoms with Crippen LogP contribution >= 0.6 is 38.5 Å². The molecule has 0 radical (unpaired) electrons. The van der Waals surface area contributed by atoms with Gasteiger partial charge in [0.25, 0.3) is 0 Å². The van der Waals surface area contributed by atoms with Gasteiger partial charge in [-0.1, -0.05) is 12.1 Å². The molecular weight excluding hydrogens is 403 g/mol. The molecule has 0 saturated carbocycles. The lowest BCUT2D eigenvalue weighted by Gasteiger charge is -2.16. The first kappa shape index (κ1) is 13.8. The molecule has 1 aromatic heterocycles. The van der Waals surface area contributed by atoms with Crippen molar-refractivity contribution >= 4 is 44.2 Å². The van der Waals surface area contributed by atoms with E-state index < -0.39 is 0 Å². The fourth-order valence-corrected chi connectivity index (χ4v) is 2.30. The van der Waals surface area contributed by atoms with Crippen LogP contribution in [-0.2, 0) is 0 Å². The largest absolute Gasteiger partial charge is 0.377 e. The highest BCUT2D eigenvalue weighted by atomic mass is 127. The third kappa shape index (κ3) is 3.45. The minimum absolute atomic E-state index is 0.268. The molecule has 4 heteroatoms. The quantitative estimate of drug-likeness (QED) is 0.566. The summed E-state index contributed by atoms with van der Waals surface area (Å²) < 4.78 is 2.15. The highest BCUT2D eigenvalue weighted by molar-refractivity contribution is 14.1. The smallest absolute Gasteiger partial charge is 0.109 e. The monoisotopic (exact) mass is 416 g/mol. The van der Waals surface area contributed by atoms with Crippen molar-refractivity contribution < 1.29 is 0 Å². The molecular formula is C14H14BrIN2. The Morgan fingerprint density at radius 1 is 1.28 bits per heavy atom. The molecule has 94 valence electrons. The number of nitrogens with zero attached hydrogens (tertiary/aromatic N) is 1. The molecule has 1 aromatic carbocycles. The van der Waals surface area contributed by atoms with Gasteiger partial charge in [-0.3, -0.25) is 0 Å². The summed E-state index contributed by atoms with van der Waals surface area (Å²) in [6, 6.07) is 10.9. The van der Waals surface area contributed by atoms with Crippen molar-refractivity contribution in [3.8, 4) is 0 Å². The van der Waals surface area contributed by atoms with E-state index in [0.29, 0.717) is 0 Å². The zero-order valence-corrected chi connectivity index (χ0v) is 14.0. The number of pyridine rings is 1. The molecule has 0 spiro atoms. The Labute approximate surface area is 129 Å². The Kier molecular flexibility index (Phi) is 4.61. The molecule has 1 heterocycles. The van der Waals surface area contributed by atoms with E-state index in [1.54, 1.807) is 0 Å². The summed E-state index contributed by atoms with van der Waals surface area (Å²) in [4.78, 5) is 4.29. The minimum Gasteiger partial charge on any atom is -0.377 e. The van der Waals surface area contributed by atoms with Gasteiger partial charge in [0.2, 0.25) is 0 Å². The van der Waals surface area contributed by atoms with Gasteiger partial charge in [-0.2, -0.15) is 0 Å². The Balaban J connectivity index is 2.13. The summed E-state index contributed by atoms with van der Waals surface area (Å²) >= 11 is 5.72. The number of aromatic nitrogens is 1. The fraction of sp³-hybridized carbons (Fsp3) is 0.214. The number of benzene rings is 1. The maximum atomic E-state index is 4.29.